The zero-order valence-electron chi connectivity index (χ0n) is 12.3. The Labute approximate surface area is 123 Å². The van der Waals surface area contributed by atoms with Crippen LogP contribution in [0.5, 0.6) is 0 Å². The number of aromatic nitrogens is 1. The van der Waals surface area contributed by atoms with Crippen molar-refractivity contribution in [1.29, 1.82) is 0 Å². The topological polar surface area (TPSA) is 62.3 Å². The highest BCUT2D eigenvalue weighted by Crippen LogP contribution is 2.26. The SMILES string of the molecule is CC1CC(=O)NC(C(C)(C)C)C(=O)N1Cc1cncs1. The summed E-state index contributed by atoms with van der Waals surface area (Å²) in [5.41, 5.74) is 1.45. The molecule has 0 saturated carbocycles. The molecule has 20 heavy (non-hydrogen) atoms. The average molecular weight is 295 g/mol. The minimum atomic E-state index is -0.479. The van der Waals surface area contributed by atoms with Gasteiger partial charge in [0.25, 0.3) is 0 Å². The largest absolute Gasteiger partial charge is 0.344 e. The number of carbonyl (C=O) groups is 2. The number of nitrogens with zero attached hydrogens (tertiary/aromatic N) is 2. The lowest BCUT2D eigenvalue weighted by atomic mass is 9.86. The van der Waals surface area contributed by atoms with E-state index in [0.717, 1.165) is 4.88 Å². The van der Waals surface area contributed by atoms with Gasteiger partial charge < -0.3 is 10.2 Å². The van der Waals surface area contributed by atoms with Gasteiger partial charge in [-0.3, -0.25) is 14.6 Å². The minimum Gasteiger partial charge on any atom is -0.344 e. The number of thiazole rings is 1. The third-order valence-corrected chi connectivity index (χ3v) is 4.29. The van der Waals surface area contributed by atoms with Gasteiger partial charge in [-0.1, -0.05) is 20.8 Å². The first-order chi connectivity index (χ1) is 9.29. The lowest BCUT2D eigenvalue weighted by Crippen LogP contribution is -2.52. The fraction of sp³-hybridized carbons (Fsp3) is 0.643. The zero-order valence-corrected chi connectivity index (χ0v) is 13.2. The van der Waals surface area contributed by atoms with Crippen LogP contribution in [0.15, 0.2) is 11.7 Å². The second-order valence-corrected chi connectivity index (χ2v) is 7.32. The van der Waals surface area contributed by atoms with Crippen LogP contribution in [0.1, 0.15) is 39.0 Å². The van der Waals surface area contributed by atoms with E-state index in [2.05, 4.69) is 10.3 Å². The molecule has 2 atom stereocenters. The van der Waals surface area contributed by atoms with Gasteiger partial charge in [0.15, 0.2) is 0 Å². The summed E-state index contributed by atoms with van der Waals surface area (Å²) in [6.45, 7) is 8.35. The molecular weight excluding hydrogens is 274 g/mol. The molecule has 6 heteroatoms. The van der Waals surface area contributed by atoms with Gasteiger partial charge in [0, 0.05) is 23.5 Å². The van der Waals surface area contributed by atoms with Gasteiger partial charge in [-0.15, -0.1) is 11.3 Å². The van der Waals surface area contributed by atoms with Crippen LogP contribution in [0.25, 0.3) is 0 Å². The normalized spacial score (nSPS) is 24.5. The lowest BCUT2D eigenvalue weighted by Gasteiger charge is -2.33. The van der Waals surface area contributed by atoms with Gasteiger partial charge in [0.1, 0.15) is 6.04 Å². The maximum Gasteiger partial charge on any atom is 0.246 e. The van der Waals surface area contributed by atoms with E-state index in [1.165, 1.54) is 11.3 Å². The third-order valence-electron chi connectivity index (χ3n) is 3.52. The van der Waals surface area contributed by atoms with E-state index in [0.29, 0.717) is 13.0 Å². The molecular formula is C14H21N3O2S. The molecule has 1 N–H and O–H groups in total. The monoisotopic (exact) mass is 295 g/mol. The van der Waals surface area contributed by atoms with Crippen molar-refractivity contribution in [2.45, 2.75) is 52.7 Å². The molecule has 1 aromatic rings. The van der Waals surface area contributed by atoms with Crippen LogP contribution in [0.3, 0.4) is 0 Å². The molecule has 1 aliphatic heterocycles. The maximum absolute atomic E-state index is 12.8. The van der Waals surface area contributed by atoms with Crippen molar-refractivity contribution in [3.8, 4) is 0 Å². The van der Waals surface area contributed by atoms with Gasteiger partial charge in [-0.05, 0) is 12.3 Å². The van der Waals surface area contributed by atoms with E-state index in [1.54, 1.807) is 16.6 Å². The van der Waals surface area contributed by atoms with Crippen molar-refractivity contribution in [3.63, 3.8) is 0 Å². The molecule has 2 rings (SSSR count). The first-order valence-corrected chi connectivity index (χ1v) is 7.64. The van der Waals surface area contributed by atoms with E-state index in [4.69, 9.17) is 0 Å². The number of amides is 2. The van der Waals surface area contributed by atoms with Crippen molar-refractivity contribution >= 4 is 23.2 Å². The van der Waals surface area contributed by atoms with Crippen molar-refractivity contribution in [1.82, 2.24) is 15.2 Å². The van der Waals surface area contributed by atoms with Crippen LogP contribution in [0.4, 0.5) is 0 Å². The molecule has 0 bridgehead atoms. The number of rotatable bonds is 2. The van der Waals surface area contributed by atoms with Gasteiger partial charge in [-0.2, -0.15) is 0 Å². The quantitative estimate of drug-likeness (QED) is 0.905. The summed E-state index contributed by atoms with van der Waals surface area (Å²) in [4.78, 5) is 31.6. The predicted octanol–water partition coefficient (Wildman–Crippen LogP) is 1.79. The molecule has 1 aromatic heterocycles. The molecule has 5 nitrogen and oxygen atoms in total. The van der Waals surface area contributed by atoms with Crippen LogP contribution in [-0.2, 0) is 16.1 Å². The van der Waals surface area contributed by atoms with Crippen molar-refractivity contribution < 1.29 is 9.59 Å². The molecule has 110 valence electrons. The third kappa shape index (κ3) is 3.17. The summed E-state index contributed by atoms with van der Waals surface area (Å²) in [6, 6.07) is -0.579. The molecule has 1 aliphatic rings. The highest BCUT2D eigenvalue weighted by molar-refractivity contribution is 7.09. The van der Waals surface area contributed by atoms with Crippen molar-refractivity contribution in [3.05, 3.63) is 16.6 Å². The Balaban J connectivity index is 2.27. The van der Waals surface area contributed by atoms with E-state index in [1.807, 2.05) is 27.7 Å². The number of hydrogen-bond acceptors (Lipinski definition) is 4. The summed E-state index contributed by atoms with van der Waals surface area (Å²) in [5.74, 6) is -0.0678. The van der Waals surface area contributed by atoms with Crippen LogP contribution in [0, 0.1) is 5.41 Å². The van der Waals surface area contributed by atoms with E-state index in [9.17, 15) is 9.59 Å². The van der Waals surface area contributed by atoms with Crippen molar-refractivity contribution in [2.24, 2.45) is 5.41 Å². The van der Waals surface area contributed by atoms with Crippen LogP contribution in [0.2, 0.25) is 0 Å². The van der Waals surface area contributed by atoms with Crippen LogP contribution >= 0.6 is 11.3 Å². The molecule has 2 unspecified atom stereocenters. The Hall–Kier alpha value is -1.43. The van der Waals surface area contributed by atoms with Gasteiger partial charge in [-0.25, -0.2) is 0 Å². The molecule has 2 heterocycles. The fourth-order valence-corrected chi connectivity index (χ4v) is 2.94. The van der Waals surface area contributed by atoms with Crippen LogP contribution < -0.4 is 5.32 Å². The van der Waals surface area contributed by atoms with Gasteiger partial charge >= 0.3 is 0 Å². The van der Waals surface area contributed by atoms with E-state index < -0.39 is 6.04 Å². The Kier molecular flexibility index (Phi) is 4.13. The average Bonchev–Trinajstić information content (AvgIpc) is 2.79. The Bertz CT molecular complexity index is 493. The standard InChI is InChI=1S/C14H21N3O2S/c1-9-5-11(18)16-12(14(2,3)4)13(19)17(9)7-10-6-15-8-20-10/h6,8-9,12H,5,7H2,1-4H3,(H,16,18). The summed E-state index contributed by atoms with van der Waals surface area (Å²) >= 11 is 1.53. The minimum absolute atomic E-state index is 0.00995. The highest BCUT2D eigenvalue weighted by Gasteiger charge is 2.40. The van der Waals surface area contributed by atoms with E-state index in [-0.39, 0.29) is 23.3 Å². The highest BCUT2D eigenvalue weighted by atomic mass is 32.1. The Morgan fingerprint density at radius 2 is 2.15 bits per heavy atom. The number of nitrogens with one attached hydrogen (secondary N) is 1. The molecule has 0 aromatic carbocycles. The second-order valence-electron chi connectivity index (χ2n) is 6.35. The smallest absolute Gasteiger partial charge is 0.246 e. The Morgan fingerprint density at radius 3 is 2.70 bits per heavy atom. The molecule has 0 spiro atoms. The summed E-state index contributed by atoms with van der Waals surface area (Å²) < 4.78 is 0. The fourth-order valence-electron chi connectivity index (χ4n) is 2.35. The molecule has 1 saturated heterocycles. The second kappa shape index (κ2) is 5.52. The predicted molar refractivity (Wildman–Crippen MR) is 78.1 cm³/mol. The van der Waals surface area contributed by atoms with Crippen LogP contribution in [-0.4, -0.2) is 33.8 Å². The molecule has 0 radical (unpaired) electrons. The summed E-state index contributed by atoms with van der Waals surface area (Å²) in [6.07, 6.45) is 2.12. The summed E-state index contributed by atoms with van der Waals surface area (Å²) in [5, 5.41) is 2.87. The van der Waals surface area contributed by atoms with Gasteiger partial charge in [0.2, 0.25) is 11.8 Å². The lowest BCUT2D eigenvalue weighted by molar-refractivity contribution is -0.138. The van der Waals surface area contributed by atoms with Gasteiger partial charge in [0.05, 0.1) is 12.1 Å². The summed E-state index contributed by atoms with van der Waals surface area (Å²) in [7, 11) is 0. The molecule has 1 fully saturated rings. The number of carbonyl (C=O) groups excluding carboxylic acids is 2. The van der Waals surface area contributed by atoms with Crippen molar-refractivity contribution in [2.75, 3.05) is 0 Å². The number of hydrogen-bond donors (Lipinski definition) is 1. The Morgan fingerprint density at radius 1 is 1.45 bits per heavy atom. The first kappa shape index (κ1) is 15.0. The zero-order chi connectivity index (χ0) is 14.9. The van der Waals surface area contributed by atoms with E-state index >= 15 is 0 Å². The first-order valence-electron chi connectivity index (χ1n) is 6.76. The maximum atomic E-state index is 12.8. The molecule has 0 aliphatic carbocycles. The molecule has 2 amide bonds.